The third-order valence-corrected chi connectivity index (χ3v) is 7.22. The van der Waals surface area contributed by atoms with Crippen molar-refractivity contribution in [2.45, 2.75) is 82.4 Å². The average molecular weight is 813 g/mol. The summed E-state index contributed by atoms with van der Waals surface area (Å²) in [6, 6.07) is 0. The van der Waals surface area contributed by atoms with Crippen LogP contribution in [0.2, 0.25) is 0 Å². The standard InChI is InChI=1S/C21H25NO12.C7H9NO3.C6H6O6/c1-10(2)17(24)29-8-5-6-12(23)31-15-13-14(33-19(15)26)16(20(27)32-13)34-21(28)22-7-9-30-18(25)11(3)4;1-6(2)7(10)11-4-3-8-5-9;7-1-3-4(12-5(1)9)2(8)6(10)11-3/h13-16H,1,3,5-9H2,2,4H3,(H,22,28);1,3-4H2,2H3;1-4,7-8H. The molecular formula is C34H40N2O21. The largest absolute Gasteiger partial charge is 0.462 e. The summed E-state index contributed by atoms with van der Waals surface area (Å²) in [4.78, 5) is 115. The molecule has 0 spiro atoms. The van der Waals surface area contributed by atoms with E-state index < -0.39 is 103 Å². The highest BCUT2D eigenvalue weighted by molar-refractivity contribution is 5.89. The van der Waals surface area contributed by atoms with E-state index in [9.17, 15) is 47.9 Å². The van der Waals surface area contributed by atoms with Gasteiger partial charge in [-0.15, -0.1) is 0 Å². The van der Waals surface area contributed by atoms with Crippen molar-refractivity contribution in [3.05, 3.63) is 36.5 Å². The predicted molar refractivity (Wildman–Crippen MR) is 179 cm³/mol. The third-order valence-electron chi connectivity index (χ3n) is 7.22. The summed E-state index contributed by atoms with van der Waals surface area (Å²) in [6.45, 7) is 14.6. The number of amides is 1. The molecule has 4 saturated heterocycles. The average Bonchev–Trinajstić information content (AvgIpc) is 3.81. The molecule has 0 aromatic heterocycles. The summed E-state index contributed by atoms with van der Waals surface area (Å²) >= 11 is 0. The number of ether oxygens (including phenoxy) is 9. The highest BCUT2D eigenvalue weighted by atomic mass is 16.7. The van der Waals surface area contributed by atoms with E-state index in [1.165, 1.54) is 19.9 Å². The molecule has 3 N–H and O–H groups in total. The van der Waals surface area contributed by atoms with Crippen molar-refractivity contribution >= 4 is 59.9 Å². The Morgan fingerprint density at radius 1 is 0.667 bits per heavy atom. The molecule has 8 unspecified atom stereocenters. The second kappa shape index (κ2) is 22.2. The quantitative estimate of drug-likeness (QED) is 0.0397. The lowest BCUT2D eigenvalue weighted by Gasteiger charge is -2.14. The van der Waals surface area contributed by atoms with Gasteiger partial charge in [0.2, 0.25) is 18.3 Å². The summed E-state index contributed by atoms with van der Waals surface area (Å²) in [5.41, 5.74) is 0.731. The molecule has 0 saturated carbocycles. The number of esters is 8. The third kappa shape index (κ3) is 14.0. The zero-order valence-corrected chi connectivity index (χ0v) is 30.8. The molecule has 0 aromatic rings. The van der Waals surface area contributed by atoms with Crippen LogP contribution in [0.5, 0.6) is 0 Å². The first-order valence-corrected chi connectivity index (χ1v) is 16.6. The fraction of sp³-hybridized carbons (Fsp3) is 0.529. The zero-order valence-electron chi connectivity index (χ0n) is 30.8. The smallest absolute Gasteiger partial charge is 0.408 e. The van der Waals surface area contributed by atoms with Gasteiger partial charge in [-0.25, -0.2) is 48.1 Å². The van der Waals surface area contributed by atoms with E-state index in [2.05, 4.69) is 44.3 Å². The van der Waals surface area contributed by atoms with Gasteiger partial charge < -0.3 is 58.2 Å². The van der Waals surface area contributed by atoms with Crippen molar-refractivity contribution in [3.8, 4) is 0 Å². The van der Waals surface area contributed by atoms with Gasteiger partial charge in [0.1, 0.15) is 13.2 Å². The van der Waals surface area contributed by atoms with Crippen LogP contribution in [0.15, 0.2) is 41.4 Å². The van der Waals surface area contributed by atoms with Gasteiger partial charge in [-0.05, 0) is 27.2 Å². The van der Waals surface area contributed by atoms with Crippen LogP contribution < -0.4 is 5.32 Å². The molecule has 4 heterocycles. The molecule has 57 heavy (non-hydrogen) atoms. The van der Waals surface area contributed by atoms with Gasteiger partial charge >= 0.3 is 53.8 Å². The van der Waals surface area contributed by atoms with Crippen molar-refractivity contribution in [3.63, 3.8) is 0 Å². The van der Waals surface area contributed by atoms with E-state index in [1.54, 1.807) is 6.92 Å². The maximum absolute atomic E-state index is 12.1. The van der Waals surface area contributed by atoms with E-state index >= 15 is 0 Å². The van der Waals surface area contributed by atoms with Crippen LogP contribution in [0, 0.1) is 0 Å². The van der Waals surface area contributed by atoms with Crippen LogP contribution >= 0.6 is 0 Å². The number of hydrogen-bond acceptors (Lipinski definition) is 22. The number of aliphatic hydroxyl groups excluding tert-OH is 2. The first-order chi connectivity index (χ1) is 26.8. The van der Waals surface area contributed by atoms with Crippen molar-refractivity contribution in [2.75, 3.05) is 32.9 Å². The number of aliphatic imine (C=N–C) groups is 1. The molecule has 312 valence electrons. The Kier molecular flexibility index (Phi) is 18.2. The maximum atomic E-state index is 12.1. The van der Waals surface area contributed by atoms with Crippen molar-refractivity contribution in [2.24, 2.45) is 4.99 Å². The Morgan fingerprint density at radius 2 is 1.09 bits per heavy atom. The Balaban J connectivity index is 0.000000392. The second-order valence-electron chi connectivity index (χ2n) is 12.0. The molecule has 0 bridgehead atoms. The minimum absolute atomic E-state index is 0.0611. The lowest BCUT2D eigenvalue weighted by atomic mass is 10.1. The SMILES string of the molecule is C=C(C)C(=O)OCCCC(=O)OC1C(=O)OC2C(OC(=O)NCCOC(=O)C(=C)C)C(=O)OC12.C=C(C)C(=O)OCCN=C=O.O=C1OC2C(O)C(=O)OC2C1O. The highest BCUT2D eigenvalue weighted by Gasteiger charge is 2.61. The van der Waals surface area contributed by atoms with Gasteiger partial charge in [-0.3, -0.25) is 4.79 Å². The van der Waals surface area contributed by atoms with E-state index in [0.29, 0.717) is 5.57 Å². The minimum Gasteiger partial charge on any atom is -0.462 e. The van der Waals surface area contributed by atoms with Crippen LogP contribution in [0.3, 0.4) is 0 Å². The number of aliphatic hydroxyl groups is 2. The number of hydrogen-bond donors (Lipinski definition) is 3. The van der Waals surface area contributed by atoms with Gasteiger partial charge in [0, 0.05) is 23.1 Å². The lowest BCUT2D eigenvalue weighted by molar-refractivity contribution is -0.170. The summed E-state index contributed by atoms with van der Waals surface area (Å²) in [5, 5.41) is 20.3. The van der Waals surface area contributed by atoms with Gasteiger partial charge in [0.15, 0.2) is 36.6 Å². The van der Waals surface area contributed by atoms with Crippen LogP contribution in [-0.4, -0.2) is 152 Å². The Bertz CT molecular complexity index is 1580. The summed E-state index contributed by atoms with van der Waals surface area (Å²) in [6.07, 6.45) is -10.5. The van der Waals surface area contributed by atoms with Crippen molar-refractivity contribution in [1.29, 1.82) is 0 Å². The van der Waals surface area contributed by atoms with Crippen LogP contribution in [-0.2, 0) is 85.8 Å². The monoisotopic (exact) mass is 812 g/mol. The molecule has 0 aliphatic carbocycles. The molecule has 4 rings (SSSR count). The number of nitrogens with one attached hydrogen (secondary N) is 1. The van der Waals surface area contributed by atoms with Crippen molar-refractivity contribution < 1.29 is 101 Å². The number of isocyanates is 1. The lowest BCUT2D eigenvalue weighted by Crippen LogP contribution is -2.39. The van der Waals surface area contributed by atoms with E-state index in [-0.39, 0.29) is 56.9 Å². The number of carbonyl (C=O) groups is 9. The van der Waals surface area contributed by atoms with Crippen LogP contribution in [0.1, 0.15) is 33.6 Å². The number of fused-ring (bicyclic) bond motifs is 2. The first-order valence-electron chi connectivity index (χ1n) is 16.6. The van der Waals surface area contributed by atoms with Crippen molar-refractivity contribution in [1.82, 2.24) is 5.32 Å². The number of alkyl carbamates (subject to hydrolysis) is 1. The van der Waals surface area contributed by atoms with Gasteiger partial charge in [-0.1, -0.05) is 19.7 Å². The molecular weight excluding hydrogens is 772 g/mol. The van der Waals surface area contributed by atoms with Gasteiger partial charge in [0.05, 0.1) is 19.7 Å². The highest BCUT2D eigenvalue weighted by Crippen LogP contribution is 2.33. The summed E-state index contributed by atoms with van der Waals surface area (Å²) in [7, 11) is 0. The van der Waals surface area contributed by atoms with Gasteiger partial charge in [0.25, 0.3) is 0 Å². The predicted octanol–water partition coefficient (Wildman–Crippen LogP) is -2.14. The molecule has 8 atom stereocenters. The molecule has 4 aliphatic rings. The fourth-order valence-corrected chi connectivity index (χ4v) is 4.44. The normalized spacial score (nSPS) is 24.6. The molecule has 23 heteroatoms. The van der Waals surface area contributed by atoms with Gasteiger partial charge in [-0.2, -0.15) is 0 Å². The van der Waals surface area contributed by atoms with Crippen LogP contribution in [0.25, 0.3) is 0 Å². The van der Waals surface area contributed by atoms with Crippen LogP contribution in [0.4, 0.5) is 4.79 Å². The minimum atomic E-state index is -1.57. The Hall–Kier alpha value is -6.45. The summed E-state index contributed by atoms with van der Waals surface area (Å²) in [5.74, 6) is -6.19. The Morgan fingerprint density at radius 3 is 1.54 bits per heavy atom. The molecule has 4 aliphatic heterocycles. The maximum Gasteiger partial charge on any atom is 0.408 e. The second-order valence-corrected chi connectivity index (χ2v) is 12.0. The van der Waals surface area contributed by atoms with E-state index in [0.717, 1.165) is 0 Å². The molecule has 4 fully saturated rings. The molecule has 0 radical (unpaired) electrons. The number of nitrogens with zero attached hydrogens (tertiary/aromatic N) is 1. The topological polar surface area (TPSA) is 319 Å². The molecule has 23 nitrogen and oxygen atoms in total. The molecule has 1 amide bonds. The summed E-state index contributed by atoms with van der Waals surface area (Å²) < 4.78 is 43.3. The molecule has 0 aromatic carbocycles. The Labute approximate surface area is 322 Å². The van der Waals surface area contributed by atoms with E-state index in [1.807, 2.05) is 0 Å². The zero-order chi connectivity index (χ0) is 43.0. The first kappa shape index (κ1) is 46.7. The number of rotatable bonds is 15. The number of carbonyl (C=O) groups excluding carboxylic acids is 10. The van der Waals surface area contributed by atoms with E-state index in [4.69, 9.17) is 38.6 Å². The fourth-order valence-electron chi connectivity index (χ4n) is 4.44.